The van der Waals surface area contributed by atoms with Gasteiger partial charge >= 0.3 is 0 Å². The molecule has 0 saturated carbocycles. The van der Waals surface area contributed by atoms with E-state index in [0.717, 1.165) is 19.6 Å². The molecule has 1 heterocycles. The molecule has 0 N–H and O–H groups in total. The predicted molar refractivity (Wildman–Crippen MR) is 77.6 cm³/mol. The zero-order valence-electron chi connectivity index (χ0n) is 11.9. The molecule has 2 atom stereocenters. The SMILES string of the molecule is CC1CCN(Cc2ccccc2)CC(CC#N)N1C. The minimum Gasteiger partial charge on any atom is -0.298 e. The van der Waals surface area contributed by atoms with Crippen LogP contribution in [0.2, 0.25) is 0 Å². The number of nitrogens with zero attached hydrogens (tertiary/aromatic N) is 3. The van der Waals surface area contributed by atoms with Crippen molar-refractivity contribution >= 4 is 0 Å². The fourth-order valence-corrected chi connectivity index (χ4v) is 2.75. The molecule has 3 nitrogen and oxygen atoms in total. The highest BCUT2D eigenvalue weighted by molar-refractivity contribution is 5.14. The molecule has 2 unspecified atom stereocenters. The van der Waals surface area contributed by atoms with Crippen LogP contribution in [0, 0.1) is 11.3 Å². The average Bonchev–Trinajstić information content (AvgIpc) is 2.55. The van der Waals surface area contributed by atoms with Gasteiger partial charge in [0.15, 0.2) is 0 Å². The quantitative estimate of drug-likeness (QED) is 0.833. The van der Waals surface area contributed by atoms with Crippen molar-refractivity contribution < 1.29 is 0 Å². The lowest BCUT2D eigenvalue weighted by atomic mass is 10.1. The molecule has 1 aromatic carbocycles. The Labute approximate surface area is 116 Å². The maximum atomic E-state index is 9.00. The maximum Gasteiger partial charge on any atom is 0.0638 e. The van der Waals surface area contributed by atoms with Crippen molar-refractivity contribution in [2.45, 2.75) is 38.4 Å². The van der Waals surface area contributed by atoms with Crippen LogP contribution in [0.15, 0.2) is 30.3 Å². The first-order valence-corrected chi connectivity index (χ1v) is 7.06. The Morgan fingerprint density at radius 1 is 1.32 bits per heavy atom. The van der Waals surface area contributed by atoms with E-state index in [1.165, 1.54) is 12.0 Å². The summed E-state index contributed by atoms with van der Waals surface area (Å²) in [6.07, 6.45) is 1.79. The Morgan fingerprint density at radius 3 is 2.74 bits per heavy atom. The molecule has 0 aliphatic carbocycles. The summed E-state index contributed by atoms with van der Waals surface area (Å²) in [6, 6.07) is 13.8. The van der Waals surface area contributed by atoms with Gasteiger partial charge in [0.1, 0.15) is 0 Å². The van der Waals surface area contributed by atoms with E-state index in [-0.39, 0.29) is 0 Å². The monoisotopic (exact) mass is 257 g/mol. The van der Waals surface area contributed by atoms with Gasteiger partial charge in [-0.2, -0.15) is 5.26 Å². The summed E-state index contributed by atoms with van der Waals surface area (Å²) in [4.78, 5) is 4.85. The van der Waals surface area contributed by atoms with E-state index in [1.807, 2.05) is 0 Å². The molecule has 2 rings (SSSR count). The topological polar surface area (TPSA) is 30.3 Å². The third-order valence-electron chi connectivity index (χ3n) is 4.18. The largest absolute Gasteiger partial charge is 0.298 e. The second-order valence-corrected chi connectivity index (χ2v) is 5.54. The minimum atomic E-state index is 0.353. The summed E-state index contributed by atoms with van der Waals surface area (Å²) >= 11 is 0. The van der Waals surface area contributed by atoms with Crippen molar-refractivity contribution in [3.05, 3.63) is 35.9 Å². The van der Waals surface area contributed by atoms with Gasteiger partial charge in [0.25, 0.3) is 0 Å². The number of hydrogen-bond donors (Lipinski definition) is 0. The van der Waals surface area contributed by atoms with Crippen molar-refractivity contribution in [2.24, 2.45) is 0 Å². The van der Waals surface area contributed by atoms with Gasteiger partial charge in [0, 0.05) is 31.7 Å². The molecule has 1 fully saturated rings. The first kappa shape index (κ1) is 14.0. The van der Waals surface area contributed by atoms with Gasteiger partial charge < -0.3 is 0 Å². The van der Waals surface area contributed by atoms with Crippen LogP contribution >= 0.6 is 0 Å². The first-order chi connectivity index (χ1) is 9.20. The standard InChI is InChI=1S/C16H23N3/c1-14-9-11-19(12-15-6-4-3-5-7-15)13-16(8-10-17)18(14)2/h3-7,14,16H,8-9,11-13H2,1-2H3. The van der Waals surface area contributed by atoms with Gasteiger partial charge in [-0.25, -0.2) is 0 Å². The molecule has 3 heteroatoms. The third kappa shape index (κ3) is 3.79. The zero-order chi connectivity index (χ0) is 13.7. The number of hydrogen-bond acceptors (Lipinski definition) is 3. The second kappa shape index (κ2) is 6.70. The lowest BCUT2D eigenvalue weighted by molar-refractivity contribution is 0.176. The predicted octanol–water partition coefficient (Wildman–Crippen LogP) is 2.49. The average molecular weight is 257 g/mol. The lowest BCUT2D eigenvalue weighted by Crippen LogP contribution is -2.41. The summed E-state index contributed by atoms with van der Waals surface area (Å²) in [5, 5.41) is 9.00. The van der Waals surface area contributed by atoms with Crippen molar-refractivity contribution in [3.63, 3.8) is 0 Å². The van der Waals surface area contributed by atoms with E-state index in [0.29, 0.717) is 18.5 Å². The summed E-state index contributed by atoms with van der Waals surface area (Å²) < 4.78 is 0. The van der Waals surface area contributed by atoms with E-state index in [1.54, 1.807) is 0 Å². The number of nitriles is 1. The van der Waals surface area contributed by atoms with E-state index in [2.05, 4.69) is 60.2 Å². The van der Waals surface area contributed by atoms with E-state index >= 15 is 0 Å². The Balaban J connectivity index is 2.03. The van der Waals surface area contributed by atoms with Crippen molar-refractivity contribution in [1.29, 1.82) is 5.26 Å². The molecule has 0 aromatic heterocycles. The molecular formula is C16H23N3. The summed E-state index contributed by atoms with van der Waals surface area (Å²) in [5.41, 5.74) is 1.36. The first-order valence-electron chi connectivity index (χ1n) is 7.06. The molecule has 0 bridgehead atoms. The van der Waals surface area contributed by atoms with Gasteiger partial charge in [-0.1, -0.05) is 30.3 Å². The van der Waals surface area contributed by atoms with E-state index in [4.69, 9.17) is 5.26 Å². The van der Waals surface area contributed by atoms with Crippen molar-refractivity contribution in [2.75, 3.05) is 20.1 Å². The molecular weight excluding hydrogens is 234 g/mol. The zero-order valence-corrected chi connectivity index (χ0v) is 11.9. The second-order valence-electron chi connectivity index (χ2n) is 5.54. The molecule has 0 spiro atoms. The number of likely N-dealkylation sites (N-methyl/N-ethyl adjacent to an activating group) is 1. The van der Waals surface area contributed by atoms with Crippen LogP contribution in [0.3, 0.4) is 0 Å². The number of benzene rings is 1. The van der Waals surface area contributed by atoms with Gasteiger partial charge in [-0.3, -0.25) is 9.80 Å². The van der Waals surface area contributed by atoms with E-state index < -0.39 is 0 Å². The highest BCUT2D eigenvalue weighted by atomic mass is 15.2. The highest BCUT2D eigenvalue weighted by Crippen LogP contribution is 2.18. The molecule has 0 amide bonds. The molecule has 1 aromatic rings. The van der Waals surface area contributed by atoms with Crippen molar-refractivity contribution in [1.82, 2.24) is 9.80 Å². The van der Waals surface area contributed by atoms with Crippen LogP contribution < -0.4 is 0 Å². The fraction of sp³-hybridized carbons (Fsp3) is 0.562. The fourth-order valence-electron chi connectivity index (χ4n) is 2.75. The maximum absolute atomic E-state index is 9.00. The Kier molecular flexibility index (Phi) is 4.95. The van der Waals surface area contributed by atoms with Gasteiger partial charge in [0.2, 0.25) is 0 Å². The van der Waals surface area contributed by atoms with E-state index in [9.17, 15) is 0 Å². The Hall–Kier alpha value is -1.37. The van der Waals surface area contributed by atoms with Crippen LogP contribution in [0.5, 0.6) is 0 Å². The van der Waals surface area contributed by atoms with Crippen molar-refractivity contribution in [3.8, 4) is 6.07 Å². The summed E-state index contributed by atoms with van der Waals surface area (Å²) in [6.45, 7) is 5.35. The van der Waals surface area contributed by atoms with Crippen LogP contribution in [0.25, 0.3) is 0 Å². The lowest BCUT2D eigenvalue weighted by Gasteiger charge is -2.30. The highest BCUT2D eigenvalue weighted by Gasteiger charge is 2.26. The van der Waals surface area contributed by atoms with Crippen LogP contribution in [-0.4, -0.2) is 42.0 Å². The smallest absolute Gasteiger partial charge is 0.0638 e. The number of rotatable bonds is 3. The molecule has 102 valence electrons. The molecule has 1 aliphatic rings. The van der Waals surface area contributed by atoms with Gasteiger partial charge in [0.05, 0.1) is 12.5 Å². The van der Waals surface area contributed by atoms with Gasteiger partial charge in [-0.05, 0) is 26.0 Å². The van der Waals surface area contributed by atoms with Crippen LogP contribution in [0.4, 0.5) is 0 Å². The molecule has 0 radical (unpaired) electrons. The third-order valence-corrected chi connectivity index (χ3v) is 4.18. The molecule has 1 aliphatic heterocycles. The normalized spacial score (nSPS) is 25.7. The molecule has 1 saturated heterocycles. The van der Waals surface area contributed by atoms with Gasteiger partial charge in [-0.15, -0.1) is 0 Å². The van der Waals surface area contributed by atoms with Crippen LogP contribution in [0.1, 0.15) is 25.3 Å². The summed E-state index contributed by atoms with van der Waals surface area (Å²) in [5.74, 6) is 0. The summed E-state index contributed by atoms with van der Waals surface area (Å²) in [7, 11) is 2.15. The minimum absolute atomic E-state index is 0.353. The molecule has 19 heavy (non-hydrogen) atoms. The Bertz CT molecular complexity index is 423. The Morgan fingerprint density at radius 2 is 2.05 bits per heavy atom. The van der Waals surface area contributed by atoms with Crippen LogP contribution in [-0.2, 0) is 6.54 Å².